The molecular formula is C17H19N3O2. The van der Waals surface area contributed by atoms with Gasteiger partial charge in [0.15, 0.2) is 0 Å². The van der Waals surface area contributed by atoms with Gasteiger partial charge in [0.25, 0.3) is 0 Å². The summed E-state index contributed by atoms with van der Waals surface area (Å²) in [5.74, 6) is 1.57. The fourth-order valence-electron chi connectivity index (χ4n) is 2.34. The Morgan fingerprint density at radius 2 is 2.00 bits per heavy atom. The molecule has 5 heteroatoms. The van der Waals surface area contributed by atoms with Crippen molar-refractivity contribution >= 4 is 0 Å². The Morgan fingerprint density at radius 3 is 2.73 bits per heavy atom. The van der Waals surface area contributed by atoms with Crippen molar-refractivity contribution in [1.29, 1.82) is 0 Å². The van der Waals surface area contributed by atoms with E-state index in [9.17, 15) is 0 Å². The van der Waals surface area contributed by atoms with Crippen LogP contribution in [0.1, 0.15) is 16.8 Å². The summed E-state index contributed by atoms with van der Waals surface area (Å²) in [5.41, 5.74) is 3.15. The van der Waals surface area contributed by atoms with E-state index in [1.165, 1.54) is 0 Å². The monoisotopic (exact) mass is 297 g/mol. The summed E-state index contributed by atoms with van der Waals surface area (Å²) in [6.07, 6.45) is 3.42. The fraction of sp³-hybridized carbons (Fsp3) is 0.235. The normalized spacial score (nSPS) is 10.8. The number of aromatic nitrogens is 2. The van der Waals surface area contributed by atoms with E-state index in [2.05, 4.69) is 10.4 Å². The Bertz CT molecular complexity index is 718. The molecule has 0 atom stereocenters. The highest BCUT2D eigenvalue weighted by atomic mass is 16.5. The van der Waals surface area contributed by atoms with Crippen LogP contribution < -0.4 is 10.1 Å². The number of rotatable bonds is 6. The van der Waals surface area contributed by atoms with Crippen LogP contribution in [0.4, 0.5) is 0 Å². The fourth-order valence-corrected chi connectivity index (χ4v) is 2.34. The van der Waals surface area contributed by atoms with Crippen LogP contribution in [0.2, 0.25) is 0 Å². The van der Waals surface area contributed by atoms with Gasteiger partial charge in [0.1, 0.15) is 5.75 Å². The van der Waals surface area contributed by atoms with E-state index in [1.807, 2.05) is 50.4 Å². The predicted octanol–water partition coefficient (Wildman–Crippen LogP) is 3.40. The van der Waals surface area contributed by atoms with Crippen LogP contribution in [-0.4, -0.2) is 9.78 Å². The molecule has 3 aromatic rings. The Morgan fingerprint density at radius 1 is 1.18 bits per heavy atom. The van der Waals surface area contributed by atoms with Gasteiger partial charge in [-0.05, 0) is 25.1 Å². The minimum absolute atomic E-state index is 0.688. The number of para-hydroxylation sites is 1. The second kappa shape index (κ2) is 6.49. The number of ether oxygens (including phenoxy) is 1. The van der Waals surface area contributed by atoms with Crippen molar-refractivity contribution < 1.29 is 9.15 Å². The molecule has 2 aromatic heterocycles. The molecule has 0 aliphatic heterocycles. The van der Waals surface area contributed by atoms with Gasteiger partial charge in [-0.1, -0.05) is 18.2 Å². The molecule has 22 heavy (non-hydrogen) atoms. The van der Waals surface area contributed by atoms with Crippen molar-refractivity contribution in [2.24, 2.45) is 7.05 Å². The first kappa shape index (κ1) is 14.4. The van der Waals surface area contributed by atoms with E-state index in [1.54, 1.807) is 17.2 Å². The van der Waals surface area contributed by atoms with E-state index >= 15 is 0 Å². The van der Waals surface area contributed by atoms with Crippen molar-refractivity contribution in [3.63, 3.8) is 0 Å². The Kier molecular flexibility index (Phi) is 4.25. The van der Waals surface area contributed by atoms with E-state index in [0.29, 0.717) is 6.54 Å². The maximum Gasteiger partial charge on any atom is 0.222 e. The first-order chi connectivity index (χ1) is 10.7. The lowest BCUT2D eigenvalue weighted by molar-refractivity contribution is 0.423. The molecule has 0 saturated heterocycles. The van der Waals surface area contributed by atoms with Gasteiger partial charge in [-0.15, -0.1) is 0 Å². The van der Waals surface area contributed by atoms with Crippen LogP contribution in [0, 0.1) is 6.92 Å². The molecule has 0 fully saturated rings. The van der Waals surface area contributed by atoms with Gasteiger partial charge in [0.05, 0.1) is 23.8 Å². The van der Waals surface area contributed by atoms with Gasteiger partial charge in [-0.3, -0.25) is 0 Å². The van der Waals surface area contributed by atoms with Crippen LogP contribution in [0.3, 0.4) is 0 Å². The zero-order chi connectivity index (χ0) is 15.4. The number of hydrogen-bond donors (Lipinski definition) is 1. The van der Waals surface area contributed by atoms with Crippen molar-refractivity contribution in [2.75, 3.05) is 0 Å². The summed E-state index contributed by atoms with van der Waals surface area (Å²) in [6.45, 7) is 3.43. The van der Waals surface area contributed by atoms with Gasteiger partial charge < -0.3 is 14.5 Å². The maximum atomic E-state index is 5.99. The van der Waals surface area contributed by atoms with E-state index in [4.69, 9.17) is 9.15 Å². The first-order valence-corrected chi connectivity index (χ1v) is 7.21. The molecule has 0 radical (unpaired) electrons. The molecule has 3 rings (SSSR count). The molecule has 2 heterocycles. The van der Waals surface area contributed by atoms with Gasteiger partial charge >= 0.3 is 0 Å². The quantitative estimate of drug-likeness (QED) is 0.757. The number of benzene rings is 1. The van der Waals surface area contributed by atoms with Crippen molar-refractivity contribution in [1.82, 2.24) is 15.1 Å². The number of furan rings is 1. The maximum absolute atomic E-state index is 5.99. The molecule has 0 amide bonds. The lowest BCUT2D eigenvalue weighted by Gasteiger charge is -2.09. The second-order valence-corrected chi connectivity index (χ2v) is 5.14. The standard InChI is InChI=1S/C17H19N3O2/c1-13-16(11-18-10-14-8-9-21-12-14)17(20(2)19-13)22-15-6-4-3-5-7-15/h3-9,12,18H,10-11H2,1-2H3. The molecular weight excluding hydrogens is 278 g/mol. The summed E-state index contributed by atoms with van der Waals surface area (Å²) in [4.78, 5) is 0. The summed E-state index contributed by atoms with van der Waals surface area (Å²) in [7, 11) is 1.89. The highest BCUT2D eigenvalue weighted by molar-refractivity contribution is 5.35. The number of nitrogens with one attached hydrogen (secondary N) is 1. The van der Waals surface area contributed by atoms with E-state index in [-0.39, 0.29) is 0 Å². The Balaban J connectivity index is 1.72. The van der Waals surface area contributed by atoms with Crippen LogP contribution >= 0.6 is 0 Å². The van der Waals surface area contributed by atoms with Gasteiger partial charge in [0, 0.05) is 25.7 Å². The highest BCUT2D eigenvalue weighted by Crippen LogP contribution is 2.27. The molecule has 0 saturated carbocycles. The van der Waals surface area contributed by atoms with Gasteiger partial charge in [-0.25, -0.2) is 4.68 Å². The molecule has 0 spiro atoms. The topological polar surface area (TPSA) is 52.2 Å². The third-order valence-electron chi connectivity index (χ3n) is 3.46. The van der Waals surface area contributed by atoms with Crippen LogP contribution in [0.25, 0.3) is 0 Å². The Hall–Kier alpha value is -2.53. The highest BCUT2D eigenvalue weighted by Gasteiger charge is 2.15. The minimum Gasteiger partial charge on any atom is -0.472 e. The minimum atomic E-state index is 0.688. The Labute approximate surface area is 129 Å². The molecule has 1 aromatic carbocycles. The first-order valence-electron chi connectivity index (χ1n) is 7.21. The van der Waals surface area contributed by atoms with Gasteiger partial charge in [-0.2, -0.15) is 5.10 Å². The van der Waals surface area contributed by atoms with Crippen LogP contribution in [-0.2, 0) is 20.1 Å². The molecule has 0 bridgehead atoms. The van der Waals surface area contributed by atoms with Crippen molar-refractivity contribution in [3.8, 4) is 11.6 Å². The summed E-state index contributed by atoms with van der Waals surface area (Å²) in [5, 5.41) is 7.85. The summed E-state index contributed by atoms with van der Waals surface area (Å²) in [6, 6.07) is 11.7. The number of hydrogen-bond acceptors (Lipinski definition) is 4. The van der Waals surface area contributed by atoms with Crippen molar-refractivity contribution in [2.45, 2.75) is 20.0 Å². The average Bonchev–Trinajstić information content (AvgIpc) is 3.12. The summed E-state index contributed by atoms with van der Waals surface area (Å²) >= 11 is 0. The van der Waals surface area contributed by atoms with Gasteiger partial charge in [0.2, 0.25) is 5.88 Å². The average molecular weight is 297 g/mol. The SMILES string of the molecule is Cc1nn(C)c(Oc2ccccc2)c1CNCc1ccoc1. The van der Waals surface area contributed by atoms with Crippen molar-refractivity contribution in [3.05, 3.63) is 65.7 Å². The summed E-state index contributed by atoms with van der Waals surface area (Å²) < 4.78 is 12.8. The third kappa shape index (κ3) is 3.20. The third-order valence-corrected chi connectivity index (χ3v) is 3.46. The zero-order valence-corrected chi connectivity index (χ0v) is 12.7. The molecule has 0 aliphatic rings. The van der Waals surface area contributed by atoms with E-state index < -0.39 is 0 Å². The van der Waals surface area contributed by atoms with Crippen LogP contribution in [0.5, 0.6) is 11.6 Å². The molecule has 0 unspecified atom stereocenters. The molecule has 1 N–H and O–H groups in total. The second-order valence-electron chi connectivity index (χ2n) is 5.14. The van der Waals surface area contributed by atoms with E-state index in [0.717, 1.165) is 35.0 Å². The lowest BCUT2D eigenvalue weighted by atomic mass is 10.2. The molecule has 0 aliphatic carbocycles. The largest absolute Gasteiger partial charge is 0.472 e. The smallest absolute Gasteiger partial charge is 0.222 e. The molecule has 5 nitrogen and oxygen atoms in total. The predicted molar refractivity (Wildman–Crippen MR) is 83.7 cm³/mol. The number of aryl methyl sites for hydroxylation is 2. The lowest BCUT2D eigenvalue weighted by Crippen LogP contribution is -2.13. The van der Waals surface area contributed by atoms with Crippen LogP contribution in [0.15, 0.2) is 53.3 Å². The zero-order valence-electron chi connectivity index (χ0n) is 12.7. The number of nitrogens with zero attached hydrogens (tertiary/aromatic N) is 2. The molecule has 114 valence electrons.